The number of nitrogens with zero attached hydrogens (tertiary/aromatic N) is 1. The lowest BCUT2D eigenvalue weighted by molar-refractivity contribution is -0.115. The number of carbonyl (C=O) groups is 1. The summed E-state index contributed by atoms with van der Waals surface area (Å²) in [4.78, 5) is 15.0. The zero-order valence-corrected chi connectivity index (χ0v) is 11.7. The van der Waals surface area contributed by atoms with Gasteiger partial charge in [0.1, 0.15) is 0 Å². The highest BCUT2D eigenvalue weighted by atomic mass is 35.5. The molecular weight excluding hydrogens is 258 g/mol. The zero-order chi connectivity index (χ0) is 13.7. The largest absolute Gasteiger partial charge is 0.273 e. The average Bonchev–Trinajstić information content (AvgIpc) is 2.36. The molecule has 0 N–H and O–H groups in total. The van der Waals surface area contributed by atoms with Crippen LogP contribution in [0.1, 0.15) is 25.3 Å². The van der Waals surface area contributed by atoms with Crippen LogP contribution in [-0.4, -0.2) is 11.6 Å². The summed E-state index contributed by atoms with van der Waals surface area (Å²) < 4.78 is 0. The van der Waals surface area contributed by atoms with Crippen molar-refractivity contribution in [3.8, 4) is 0 Å². The van der Waals surface area contributed by atoms with E-state index in [0.29, 0.717) is 11.5 Å². The number of aliphatic imine (C=N–C) groups is 1. The number of rotatable bonds is 3. The minimum absolute atomic E-state index is 0.181. The van der Waals surface area contributed by atoms with Gasteiger partial charge in [0.15, 0.2) is 0 Å². The second-order valence-corrected chi connectivity index (χ2v) is 5.05. The lowest BCUT2D eigenvalue weighted by Crippen LogP contribution is -2.05. The molecule has 0 radical (unpaired) electrons. The molecule has 0 atom stereocenters. The van der Waals surface area contributed by atoms with Gasteiger partial charge in [-0.15, -0.1) is 0 Å². The van der Waals surface area contributed by atoms with E-state index < -0.39 is 0 Å². The van der Waals surface area contributed by atoms with Gasteiger partial charge in [-0.05, 0) is 30.6 Å². The van der Waals surface area contributed by atoms with E-state index >= 15 is 0 Å². The topological polar surface area (TPSA) is 29.4 Å². The molecule has 1 aliphatic rings. The highest BCUT2D eigenvalue weighted by Gasteiger charge is 2.10. The van der Waals surface area contributed by atoms with Crippen molar-refractivity contribution in [3.05, 3.63) is 58.7 Å². The molecule has 0 aliphatic heterocycles. The number of allylic oxidation sites excluding steroid dienone is 4. The predicted molar refractivity (Wildman–Crippen MR) is 79.5 cm³/mol. The van der Waals surface area contributed by atoms with Crippen molar-refractivity contribution >= 4 is 23.2 Å². The molecule has 2 rings (SSSR count). The van der Waals surface area contributed by atoms with E-state index in [1.165, 1.54) is 18.1 Å². The Morgan fingerprint density at radius 2 is 1.95 bits per heavy atom. The molecule has 0 saturated carbocycles. The fourth-order valence-corrected chi connectivity index (χ4v) is 2.39. The molecule has 98 valence electrons. The van der Waals surface area contributed by atoms with Crippen LogP contribution in [-0.2, 0) is 11.2 Å². The lowest BCUT2D eigenvalue weighted by Gasteiger charge is -2.12. The van der Waals surface area contributed by atoms with Crippen LogP contribution in [0.25, 0.3) is 0 Å². The second-order valence-electron chi connectivity index (χ2n) is 4.62. The standard InChI is InChI=1S/C16H16ClNO/c1-12(19)18-16-10-14(9-15(17)11-16)8-7-13-5-3-2-4-6-13/h2-6,9,11H,7-8,10H2,1H3. The monoisotopic (exact) mass is 273 g/mol. The summed E-state index contributed by atoms with van der Waals surface area (Å²) in [7, 11) is 0. The highest BCUT2D eigenvalue weighted by Crippen LogP contribution is 2.22. The maximum absolute atomic E-state index is 11.0. The van der Waals surface area contributed by atoms with Crippen LogP contribution < -0.4 is 0 Å². The van der Waals surface area contributed by atoms with Crippen LogP contribution >= 0.6 is 11.6 Å². The van der Waals surface area contributed by atoms with Gasteiger partial charge in [-0.3, -0.25) is 4.79 Å². The molecule has 0 heterocycles. The number of halogens is 1. The van der Waals surface area contributed by atoms with Gasteiger partial charge in [0, 0.05) is 24.1 Å². The summed E-state index contributed by atoms with van der Waals surface area (Å²) in [6, 6.07) is 10.3. The van der Waals surface area contributed by atoms with Crippen molar-refractivity contribution in [2.45, 2.75) is 26.2 Å². The van der Waals surface area contributed by atoms with Gasteiger partial charge >= 0.3 is 0 Å². The van der Waals surface area contributed by atoms with E-state index in [1.54, 1.807) is 6.08 Å². The Morgan fingerprint density at radius 1 is 1.21 bits per heavy atom. The SMILES string of the molecule is CC(=O)N=C1C=C(Cl)C=C(CCc2ccccc2)C1. The summed E-state index contributed by atoms with van der Waals surface area (Å²) in [5.41, 5.74) is 3.28. The van der Waals surface area contributed by atoms with Crippen molar-refractivity contribution < 1.29 is 4.79 Å². The van der Waals surface area contributed by atoms with Crippen molar-refractivity contribution in [2.24, 2.45) is 4.99 Å². The number of benzene rings is 1. The molecule has 3 heteroatoms. The average molecular weight is 274 g/mol. The molecule has 0 aromatic heterocycles. The van der Waals surface area contributed by atoms with E-state index in [-0.39, 0.29) is 5.91 Å². The Kier molecular flexibility index (Phi) is 4.69. The number of aryl methyl sites for hydroxylation is 1. The molecule has 0 fully saturated rings. The maximum Gasteiger partial charge on any atom is 0.242 e. The summed E-state index contributed by atoms with van der Waals surface area (Å²) in [5, 5.41) is 0.648. The molecule has 0 unspecified atom stereocenters. The quantitative estimate of drug-likeness (QED) is 0.817. The van der Waals surface area contributed by atoms with Crippen LogP contribution in [0.4, 0.5) is 0 Å². The highest BCUT2D eigenvalue weighted by molar-refractivity contribution is 6.33. The summed E-state index contributed by atoms with van der Waals surface area (Å²) in [5.74, 6) is -0.181. The molecule has 2 nitrogen and oxygen atoms in total. The molecule has 0 spiro atoms. The van der Waals surface area contributed by atoms with E-state index in [0.717, 1.165) is 18.6 Å². The first-order valence-corrected chi connectivity index (χ1v) is 6.70. The third kappa shape index (κ3) is 4.49. The minimum Gasteiger partial charge on any atom is -0.273 e. The van der Waals surface area contributed by atoms with Gasteiger partial charge < -0.3 is 0 Å². The summed E-state index contributed by atoms with van der Waals surface area (Å²) in [6.45, 7) is 1.46. The van der Waals surface area contributed by atoms with Gasteiger partial charge in [0.25, 0.3) is 0 Å². The van der Waals surface area contributed by atoms with Crippen LogP contribution in [0.3, 0.4) is 0 Å². The van der Waals surface area contributed by atoms with Gasteiger partial charge in [-0.1, -0.05) is 47.5 Å². The van der Waals surface area contributed by atoms with Crippen molar-refractivity contribution in [1.29, 1.82) is 0 Å². The Hall–Kier alpha value is -1.67. The molecule has 0 saturated heterocycles. The molecule has 1 aromatic rings. The Balaban J connectivity index is 2.01. The number of hydrogen-bond acceptors (Lipinski definition) is 1. The zero-order valence-electron chi connectivity index (χ0n) is 10.9. The fourth-order valence-electron chi connectivity index (χ4n) is 2.11. The first-order valence-electron chi connectivity index (χ1n) is 6.32. The van der Waals surface area contributed by atoms with E-state index in [2.05, 4.69) is 17.1 Å². The van der Waals surface area contributed by atoms with Crippen LogP contribution in [0.15, 0.2) is 58.1 Å². The number of hydrogen-bond donors (Lipinski definition) is 0. The van der Waals surface area contributed by atoms with Gasteiger partial charge in [-0.25, -0.2) is 4.99 Å². The molecule has 1 aromatic carbocycles. The van der Waals surface area contributed by atoms with Crippen LogP contribution in [0.5, 0.6) is 0 Å². The van der Waals surface area contributed by atoms with Gasteiger partial charge in [0.05, 0.1) is 0 Å². The van der Waals surface area contributed by atoms with Crippen LogP contribution in [0.2, 0.25) is 0 Å². The van der Waals surface area contributed by atoms with Crippen molar-refractivity contribution in [3.63, 3.8) is 0 Å². The fraction of sp³-hybridized carbons (Fsp3) is 0.250. The van der Waals surface area contributed by atoms with E-state index in [9.17, 15) is 4.79 Å². The van der Waals surface area contributed by atoms with E-state index in [4.69, 9.17) is 11.6 Å². The third-order valence-electron chi connectivity index (χ3n) is 2.93. The second kappa shape index (κ2) is 6.48. The van der Waals surface area contributed by atoms with E-state index in [1.807, 2.05) is 24.3 Å². The minimum atomic E-state index is -0.181. The number of amides is 1. The Labute approximate surface area is 118 Å². The lowest BCUT2D eigenvalue weighted by atomic mass is 9.96. The predicted octanol–water partition coefficient (Wildman–Crippen LogP) is 4.06. The molecule has 19 heavy (non-hydrogen) atoms. The summed E-state index contributed by atoms with van der Waals surface area (Å²) in [6.07, 6.45) is 6.36. The molecule has 1 amide bonds. The third-order valence-corrected chi connectivity index (χ3v) is 3.15. The molecule has 1 aliphatic carbocycles. The van der Waals surface area contributed by atoms with Crippen molar-refractivity contribution in [1.82, 2.24) is 0 Å². The number of carbonyl (C=O) groups excluding carboxylic acids is 1. The van der Waals surface area contributed by atoms with Gasteiger partial charge in [-0.2, -0.15) is 0 Å². The normalized spacial score (nSPS) is 17.1. The Bertz CT molecular complexity index is 555. The smallest absolute Gasteiger partial charge is 0.242 e. The maximum atomic E-state index is 11.0. The summed E-state index contributed by atoms with van der Waals surface area (Å²) >= 11 is 6.06. The first-order chi connectivity index (χ1) is 9.13. The van der Waals surface area contributed by atoms with Crippen molar-refractivity contribution in [2.75, 3.05) is 0 Å². The Morgan fingerprint density at radius 3 is 2.63 bits per heavy atom. The van der Waals surface area contributed by atoms with Crippen LogP contribution in [0, 0.1) is 0 Å². The molecular formula is C16H16ClNO. The molecule has 0 bridgehead atoms. The first kappa shape index (κ1) is 13.8. The van der Waals surface area contributed by atoms with Gasteiger partial charge in [0.2, 0.25) is 5.91 Å².